The van der Waals surface area contributed by atoms with Crippen LogP contribution in [0.1, 0.15) is 40.0 Å². The molecule has 1 N–H and O–H groups in total. The van der Waals surface area contributed by atoms with E-state index in [1.165, 1.54) is 19.3 Å². The lowest BCUT2D eigenvalue weighted by molar-refractivity contribution is -0.130. The minimum absolute atomic E-state index is 0.101. The topological polar surface area (TPSA) is 20.2 Å². The average Bonchev–Trinajstić information content (AvgIpc) is 2.40. The van der Waals surface area contributed by atoms with Gasteiger partial charge in [0.1, 0.15) is 0 Å². The molecule has 11 heavy (non-hydrogen) atoms. The molecule has 1 nitrogen and oxygen atoms in total. The first-order valence-electron chi connectivity index (χ1n) is 4.69. The number of rotatable bonds is 1. The Morgan fingerprint density at radius 1 is 1.45 bits per heavy atom. The third-order valence-corrected chi connectivity index (χ3v) is 4.65. The molecule has 0 radical (unpaired) electrons. The SMILES string of the molecule is C[C@H](O)[C@@]12CC[C@@H](C1)C2(C)C. The molecule has 0 aromatic carbocycles. The normalized spacial score (nSPS) is 48.5. The van der Waals surface area contributed by atoms with Gasteiger partial charge in [-0.3, -0.25) is 0 Å². The van der Waals surface area contributed by atoms with Crippen molar-refractivity contribution in [3.05, 3.63) is 0 Å². The maximum Gasteiger partial charge on any atom is 0.0573 e. The van der Waals surface area contributed by atoms with E-state index in [0.29, 0.717) is 5.41 Å². The van der Waals surface area contributed by atoms with E-state index in [4.69, 9.17) is 0 Å². The van der Waals surface area contributed by atoms with Gasteiger partial charge in [-0.25, -0.2) is 0 Å². The standard InChI is InChI=1S/C10H18O/c1-7(11)10-5-4-8(6-10)9(10,2)3/h7-8,11H,4-6H2,1-3H3/t7-,8-,10+/m0/s1. The summed E-state index contributed by atoms with van der Waals surface area (Å²) in [5, 5.41) is 9.68. The minimum atomic E-state index is -0.101. The van der Waals surface area contributed by atoms with Gasteiger partial charge in [0.2, 0.25) is 0 Å². The van der Waals surface area contributed by atoms with Crippen LogP contribution in [0.4, 0.5) is 0 Å². The predicted molar refractivity (Wildman–Crippen MR) is 45.2 cm³/mol. The Bertz CT molecular complexity index is 179. The van der Waals surface area contributed by atoms with Crippen LogP contribution in [-0.2, 0) is 0 Å². The number of fused-ring (bicyclic) bond motifs is 1. The lowest BCUT2D eigenvalue weighted by Gasteiger charge is -2.56. The van der Waals surface area contributed by atoms with Crippen LogP contribution in [0, 0.1) is 16.7 Å². The molecule has 0 spiro atoms. The molecule has 3 rings (SSSR count). The summed E-state index contributed by atoms with van der Waals surface area (Å²) in [4.78, 5) is 0. The van der Waals surface area contributed by atoms with Crippen LogP contribution in [0.3, 0.4) is 0 Å². The molecule has 3 saturated carbocycles. The zero-order valence-electron chi connectivity index (χ0n) is 7.72. The van der Waals surface area contributed by atoms with Gasteiger partial charge in [0.25, 0.3) is 0 Å². The van der Waals surface area contributed by atoms with Crippen LogP contribution in [0.5, 0.6) is 0 Å². The Hall–Kier alpha value is -0.0400. The fourth-order valence-corrected chi connectivity index (χ4v) is 3.47. The summed E-state index contributed by atoms with van der Waals surface area (Å²) in [5.41, 5.74) is 0.707. The Kier molecular flexibility index (Phi) is 1.26. The van der Waals surface area contributed by atoms with Gasteiger partial charge in [0.05, 0.1) is 6.10 Å². The summed E-state index contributed by atoms with van der Waals surface area (Å²) in [6, 6.07) is 0. The van der Waals surface area contributed by atoms with Crippen LogP contribution >= 0.6 is 0 Å². The summed E-state index contributed by atoms with van der Waals surface area (Å²) >= 11 is 0. The lowest BCUT2D eigenvalue weighted by atomic mass is 9.49. The van der Waals surface area contributed by atoms with E-state index in [1.807, 2.05) is 6.92 Å². The molecule has 3 aliphatic carbocycles. The highest BCUT2D eigenvalue weighted by Crippen LogP contribution is 2.71. The number of hydrogen-bond donors (Lipinski definition) is 1. The molecule has 2 bridgehead atoms. The van der Waals surface area contributed by atoms with E-state index in [0.717, 1.165) is 5.92 Å². The Balaban J connectivity index is 2.29. The minimum Gasteiger partial charge on any atom is -0.393 e. The van der Waals surface area contributed by atoms with E-state index in [-0.39, 0.29) is 11.5 Å². The fourth-order valence-electron chi connectivity index (χ4n) is 3.47. The molecule has 64 valence electrons. The van der Waals surface area contributed by atoms with E-state index in [9.17, 15) is 5.11 Å². The maximum absolute atomic E-state index is 9.68. The van der Waals surface area contributed by atoms with Crippen LogP contribution in [0.25, 0.3) is 0 Å². The smallest absolute Gasteiger partial charge is 0.0573 e. The van der Waals surface area contributed by atoms with E-state index >= 15 is 0 Å². The molecule has 0 heterocycles. The van der Waals surface area contributed by atoms with Crippen LogP contribution in [-0.4, -0.2) is 11.2 Å². The molecular weight excluding hydrogens is 136 g/mol. The molecule has 1 heteroatoms. The molecule has 0 aromatic rings. The van der Waals surface area contributed by atoms with E-state index in [2.05, 4.69) is 13.8 Å². The highest BCUT2D eigenvalue weighted by molar-refractivity contribution is 5.15. The first-order valence-corrected chi connectivity index (χ1v) is 4.69. The van der Waals surface area contributed by atoms with Gasteiger partial charge in [-0.1, -0.05) is 13.8 Å². The Morgan fingerprint density at radius 2 is 2.09 bits per heavy atom. The third-order valence-electron chi connectivity index (χ3n) is 4.65. The summed E-state index contributed by atoms with van der Waals surface area (Å²) in [7, 11) is 0. The van der Waals surface area contributed by atoms with Crippen molar-refractivity contribution >= 4 is 0 Å². The van der Waals surface area contributed by atoms with Crippen LogP contribution in [0.2, 0.25) is 0 Å². The largest absolute Gasteiger partial charge is 0.393 e. The van der Waals surface area contributed by atoms with Crippen LogP contribution in [0.15, 0.2) is 0 Å². The molecule has 0 aromatic heterocycles. The van der Waals surface area contributed by atoms with E-state index < -0.39 is 0 Å². The summed E-state index contributed by atoms with van der Waals surface area (Å²) in [6.07, 6.45) is 3.77. The Morgan fingerprint density at radius 3 is 2.27 bits per heavy atom. The lowest BCUT2D eigenvalue weighted by Crippen LogP contribution is -2.53. The first-order chi connectivity index (χ1) is 5.01. The first kappa shape index (κ1) is 7.60. The van der Waals surface area contributed by atoms with Crippen molar-refractivity contribution in [1.82, 2.24) is 0 Å². The second-order valence-corrected chi connectivity index (χ2v) is 4.99. The molecule has 3 aliphatic rings. The molecule has 3 fully saturated rings. The average molecular weight is 154 g/mol. The summed E-state index contributed by atoms with van der Waals surface area (Å²) in [5.74, 6) is 0.900. The monoisotopic (exact) mass is 154 g/mol. The van der Waals surface area contributed by atoms with Gasteiger partial charge >= 0.3 is 0 Å². The molecule has 0 aliphatic heterocycles. The third kappa shape index (κ3) is 0.618. The van der Waals surface area contributed by atoms with Gasteiger partial charge < -0.3 is 5.11 Å². The van der Waals surface area contributed by atoms with Crippen molar-refractivity contribution in [1.29, 1.82) is 0 Å². The van der Waals surface area contributed by atoms with Gasteiger partial charge in [-0.15, -0.1) is 0 Å². The number of hydrogen-bond acceptors (Lipinski definition) is 1. The quantitative estimate of drug-likeness (QED) is 0.614. The molecular formula is C10H18O. The molecule has 0 amide bonds. The van der Waals surface area contributed by atoms with Crippen molar-refractivity contribution in [2.75, 3.05) is 0 Å². The zero-order chi connectivity index (χ0) is 8.28. The number of aliphatic hydroxyl groups is 1. The maximum atomic E-state index is 9.68. The highest BCUT2D eigenvalue weighted by atomic mass is 16.3. The van der Waals surface area contributed by atoms with Crippen molar-refractivity contribution in [3.8, 4) is 0 Å². The summed E-state index contributed by atoms with van der Waals surface area (Å²) < 4.78 is 0. The fraction of sp³-hybridized carbons (Fsp3) is 1.00. The van der Waals surface area contributed by atoms with Crippen molar-refractivity contribution in [3.63, 3.8) is 0 Å². The van der Waals surface area contributed by atoms with Gasteiger partial charge in [-0.2, -0.15) is 0 Å². The predicted octanol–water partition coefficient (Wildman–Crippen LogP) is 2.19. The molecule has 3 atom stereocenters. The zero-order valence-corrected chi connectivity index (χ0v) is 7.72. The van der Waals surface area contributed by atoms with Gasteiger partial charge in [-0.05, 0) is 37.5 Å². The van der Waals surface area contributed by atoms with Gasteiger partial charge in [0.15, 0.2) is 0 Å². The highest BCUT2D eigenvalue weighted by Gasteiger charge is 2.66. The second kappa shape index (κ2) is 1.82. The summed E-state index contributed by atoms with van der Waals surface area (Å²) in [6.45, 7) is 6.60. The van der Waals surface area contributed by atoms with Gasteiger partial charge in [0, 0.05) is 5.41 Å². The Labute approximate surface area is 68.8 Å². The molecule has 0 unspecified atom stereocenters. The van der Waals surface area contributed by atoms with Crippen molar-refractivity contribution < 1.29 is 5.11 Å². The number of aliphatic hydroxyl groups excluding tert-OH is 1. The van der Waals surface area contributed by atoms with E-state index in [1.54, 1.807) is 0 Å². The van der Waals surface area contributed by atoms with Crippen molar-refractivity contribution in [2.24, 2.45) is 16.7 Å². The van der Waals surface area contributed by atoms with Crippen molar-refractivity contribution in [2.45, 2.75) is 46.1 Å². The molecule has 0 saturated heterocycles. The van der Waals surface area contributed by atoms with Crippen LogP contribution < -0.4 is 0 Å². The second-order valence-electron chi connectivity index (χ2n) is 4.99.